The Bertz CT molecular complexity index is 1330. The number of aromatic amines is 1. The average Bonchev–Trinajstić information content (AvgIpc) is 3.38. The molecule has 32 heavy (non-hydrogen) atoms. The van der Waals surface area contributed by atoms with Gasteiger partial charge in [0.1, 0.15) is 5.69 Å². The van der Waals surface area contributed by atoms with E-state index in [1.165, 1.54) is 16.9 Å². The Hall–Kier alpha value is -3.14. The molecular weight excluding hydrogens is 477 g/mol. The van der Waals surface area contributed by atoms with Gasteiger partial charge in [-0.15, -0.1) is 0 Å². The molecule has 3 heterocycles. The molecule has 3 N–H and O–H groups in total. The van der Waals surface area contributed by atoms with Crippen LogP contribution in [0.1, 0.15) is 34.2 Å². The summed E-state index contributed by atoms with van der Waals surface area (Å²) in [6, 6.07) is 6.23. The maximum Gasteiger partial charge on any atom is 0.274 e. The lowest BCUT2D eigenvalue weighted by Gasteiger charge is -2.15. The SMILES string of the molecule is CCCNC(=O)c1c(NC(=O)c2cc(Cl)nn2-c2ncccc2Cl)c(Cl)cc2cn[nH]c12. The first-order valence-corrected chi connectivity index (χ1v) is 10.7. The Morgan fingerprint density at radius 3 is 2.72 bits per heavy atom. The normalized spacial score (nSPS) is 11.0. The Morgan fingerprint density at radius 1 is 1.16 bits per heavy atom. The fourth-order valence-corrected chi connectivity index (χ4v) is 3.76. The quantitative estimate of drug-likeness (QED) is 0.366. The average molecular weight is 493 g/mol. The standard InChI is InChI=1S/C20H16Cl3N7O2/c1-2-5-25-20(32)15-16-10(9-26-28-16)7-12(22)17(15)27-19(31)13-8-14(23)29-30(13)18-11(21)4-3-6-24-18/h3-4,6-9H,2,5H2,1H3,(H,25,32)(H,26,28)(H,27,31). The fraction of sp³-hybridized carbons (Fsp3) is 0.150. The van der Waals surface area contributed by atoms with E-state index in [0.29, 0.717) is 17.4 Å². The van der Waals surface area contributed by atoms with Crippen LogP contribution < -0.4 is 10.6 Å². The molecule has 0 unspecified atom stereocenters. The molecule has 4 aromatic rings. The van der Waals surface area contributed by atoms with Crippen LogP contribution in [0.25, 0.3) is 16.7 Å². The molecule has 0 aliphatic heterocycles. The van der Waals surface area contributed by atoms with E-state index in [1.54, 1.807) is 24.4 Å². The Balaban J connectivity index is 1.78. The maximum absolute atomic E-state index is 13.2. The third-order valence-corrected chi connectivity index (χ3v) is 5.32. The van der Waals surface area contributed by atoms with Gasteiger partial charge in [-0.05, 0) is 24.6 Å². The van der Waals surface area contributed by atoms with E-state index in [4.69, 9.17) is 34.8 Å². The number of nitrogens with zero attached hydrogens (tertiary/aromatic N) is 4. The van der Waals surface area contributed by atoms with E-state index in [-0.39, 0.29) is 38.0 Å². The molecule has 0 fully saturated rings. The van der Waals surface area contributed by atoms with Crippen molar-refractivity contribution in [3.8, 4) is 5.82 Å². The molecule has 9 nitrogen and oxygen atoms in total. The molecule has 0 bridgehead atoms. The predicted molar refractivity (Wildman–Crippen MR) is 123 cm³/mol. The van der Waals surface area contributed by atoms with Crippen molar-refractivity contribution in [2.24, 2.45) is 0 Å². The van der Waals surface area contributed by atoms with Crippen LogP contribution in [0.5, 0.6) is 0 Å². The molecule has 0 saturated heterocycles. The van der Waals surface area contributed by atoms with Gasteiger partial charge in [-0.3, -0.25) is 14.7 Å². The summed E-state index contributed by atoms with van der Waals surface area (Å²) in [5.41, 5.74) is 0.784. The number of carbonyl (C=O) groups is 2. The molecule has 0 spiro atoms. The van der Waals surface area contributed by atoms with Crippen molar-refractivity contribution in [2.45, 2.75) is 13.3 Å². The molecule has 0 atom stereocenters. The lowest BCUT2D eigenvalue weighted by atomic mass is 10.1. The summed E-state index contributed by atoms with van der Waals surface area (Å²) in [5.74, 6) is -0.795. The molecule has 0 saturated carbocycles. The molecule has 164 valence electrons. The van der Waals surface area contributed by atoms with Crippen LogP contribution in [-0.2, 0) is 0 Å². The van der Waals surface area contributed by atoms with E-state index in [1.807, 2.05) is 6.92 Å². The Kier molecular flexibility index (Phi) is 6.31. The lowest BCUT2D eigenvalue weighted by Crippen LogP contribution is -2.27. The smallest absolute Gasteiger partial charge is 0.274 e. The number of pyridine rings is 1. The second kappa shape index (κ2) is 9.15. The van der Waals surface area contributed by atoms with Crippen molar-refractivity contribution in [1.82, 2.24) is 30.3 Å². The van der Waals surface area contributed by atoms with Gasteiger partial charge in [0.15, 0.2) is 11.0 Å². The van der Waals surface area contributed by atoms with Crippen LogP contribution in [0.15, 0.2) is 36.7 Å². The van der Waals surface area contributed by atoms with Gasteiger partial charge in [-0.1, -0.05) is 41.7 Å². The number of amides is 2. The Morgan fingerprint density at radius 2 is 1.97 bits per heavy atom. The number of nitrogens with one attached hydrogen (secondary N) is 3. The van der Waals surface area contributed by atoms with E-state index in [9.17, 15) is 9.59 Å². The van der Waals surface area contributed by atoms with Crippen LogP contribution in [-0.4, -0.2) is 43.3 Å². The van der Waals surface area contributed by atoms with Gasteiger partial charge < -0.3 is 10.6 Å². The minimum atomic E-state index is -0.614. The van der Waals surface area contributed by atoms with Gasteiger partial charge in [0.05, 0.1) is 33.0 Å². The minimum absolute atomic E-state index is 0.0521. The van der Waals surface area contributed by atoms with Crippen LogP contribution in [0.2, 0.25) is 15.2 Å². The molecule has 3 aromatic heterocycles. The molecule has 12 heteroatoms. The van der Waals surface area contributed by atoms with Gasteiger partial charge >= 0.3 is 0 Å². The number of anilines is 1. The zero-order valence-electron chi connectivity index (χ0n) is 16.6. The van der Waals surface area contributed by atoms with E-state index in [2.05, 4.69) is 30.9 Å². The summed E-state index contributed by atoms with van der Waals surface area (Å²) < 4.78 is 1.22. The summed E-state index contributed by atoms with van der Waals surface area (Å²) in [7, 11) is 0. The predicted octanol–water partition coefficient (Wildman–Crippen LogP) is 4.50. The van der Waals surface area contributed by atoms with Crippen LogP contribution in [0.3, 0.4) is 0 Å². The summed E-state index contributed by atoms with van der Waals surface area (Å²) in [5, 5.41) is 17.5. The zero-order chi connectivity index (χ0) is 22.8. The van der Waals surface area contributed by atoms with Crippen molar-refractivity contribution in [3.63, 3.8) is 0 Å². The first kappa shape index (κ1) is 22.1. The summed E-state index contributed by atoms with van der Waals surface area (Å²) in [6.07, 6.45) is 3.79. The lowest BCUT2D eigenvalue weighted by molar-refractivity contribution is 0.0956. The molecule has 0 aliphatic rings. The number of halogens is 3. The first-order valence-electron chi connectivity index (χ1n) is 9.52. The van der Waals surface area contributed by atoms with Crippen LogP contribution in [0, 0.1) is 0 Å². The highest BCUT2D eigenvalue weighted by molar-refractivity contribution is 6.37. The number of fused-ring (bicyclic) bond motifs is 1. The number of benzene rings is 1. The number of carbonyl (C=O) groups excluding carboxylic acids is 2. The van der Waals surface area contributed by atoms with Gasteiger partial charge in [-0.2, -0.15) is 10.2 Å². The topological polar surface area (TPSA) is 118 Å². The number of hydrogen-bond acceptors (Lipinski definition) is 5. The van der Waals surface area contributed by atoms with E-state index in [0.717, 1.165) is 6.42 Å². The van der Waals surface area contributed by atoms with Crippen molar-refractivity contribution in [2.75, 3.05) is 11.9 Å². The second-order valence-electron chi connectivity index (χ2n) is 6.73. The highest BCUT2D eigenvalue weighted by Crippen LogP contribution is 2.33. The molecule has 0 aliphatic carbocycles. The van der Waals surface area contributed by atoms with Gasteiger partial charge in [-0.25, -0.2) is 9.67 Å². The number of aromatic nitrogens is 5. The van der Waals surface area contributed by atoms with E-state index < -0.39 is 11.8 Å². The molecule has 0 radical (unpaired) electrons. The minimum Gasteiger partial charge on any atom is -0.352 e. The fourth-order valence-electron chi connectivity index (χ4n) is 3.12. The highest BCUT2D eigenvalue weighted by Gasteiger charge is 2.25. The van der Waals surface area contributed by atoms with Gasteiger partial charge in [0, 0.05) is 24.2 Å². The number of H-pyrrole nitrogens is 1. The monoisotopic (exact) mass is 491 g/mol. The first-order chi connectivity index (χ1) is 15.4. The van der Waals surface area contributed by atoms with Gasteiger partial charge in [0.25, 0.3) is 11.8 Å². The zero-order valence-corrected chi connectivity index (χ0v) is 18.9. The highest BCUT2D eigenvalue weighted by atomic mass is 35.5. The second-order valence-corrected chi connectivity index (χ2v) is 7.93. The number of hydrogen-bond donors (Lipinski definition) is 3. The molecule has 2 amide bonds. The van der Waals surface area contributed by atoms with Crippen molar-refractivity contribution >= 4 is 63.2 Å². The summed E-state index contributed by atoms with van der Waals surface area (Å²) >= 11 is 18.7. The van der Waals surface area contributed by atoms with Crippen LogP contribution in [0.4, 0.5) is 5.69 Å². The van der Waals surface area contributed by atoms with Crippen LogP contribution >= 0.6 is 34.8 Å². The summed E-state index contributed by atoms with van der Waals surface area (Å²) in [4.78, 5) is 30.3. The molecular formula is C20H16Cl3N7O2. The van der Waals surface area contributed by atoms with Crippen molar-refractivity contribution < 1.29 is 9.59 Å². The third-order valence-electron chi connectivity index (χ3n) is 4.54. The number of rotatable bonds is 6. The van der Waals surface area contributed by atoms with Crippen molar-refractivity contribution in [1.29, 1.82) is 0 Å². The molecule has 4 rings (SSSR count). The van der Waals surface area contributed by atoms with Crippen molar-refractivity contribution in [3.05, 3.63) is 63.1 Å². The molecule has 1 aromatic carbocycles. The maximum atomic E-state index is 13.2. The third kappa shape index (κ3) is 4.14. The summed E-state index contributed by atoms with van der Waals surface area (Å²) in [6.45, 7) is 2.38. The van der Waals surface area contributed by atoms with Gasteiger partial charge in [0.2, 0.25) is 0 Å². The Labute approximate surface area is 197 Å². The largest absolute Gasteiger partial charge is 0.352 e. The van der Waals surface area contributed by atoms with E-state index >= 15 is 0 Å².